The zero-order valence-electron chi connectivity index (χ0n) is 10.1. The second-order valence-electron chi connectivity index (χ2n) is 4.14. The van der Waals surface area contributed by atoms with E-state index >= 15 is 0 Å². The maximum absolute atomic E-state index is 11.3. The Morgan fingerprint density at radius 2 is 1.56 bits per heavy atom. The summed E-state index contributed by atoms with van der Waals surface area (Å²) in [6.07, 6.45) is 0. The Balaban J connectivity index is 2.56. The zero-order valence-corrected chi connectivity index (χ0v) is 10.1. The Morgan fingerprint density at radius 3 is 2.00 bits per heavy atom. The van der Waals surface area contributed by atoms with Gasteiger partial charge in [-0.2, -0.15) is 0 Å². The number of rotatable bonds is 2. The first-order valence-corrected chi connectivity index (χ1v) is 5.51. The predicted molar refractivity (Wildman–Crippen MR) is 65.8 cm³/mol. The molecular weight excluding hydrogens is 230 g/mol. The molecule has 0 amide bonds. The first kappa shape index (κ1) is 12.1. The lowest BCUT2D eigenvalue weighted by atomic mass is 10.2. The number of nitrogens with zero attached hydrogens (tertiary/aromatic N) is 1. The number of aromatic carboxylic acids is 1. The van der Waals surface area contributed by atoms with Gasteiger partial charge in [0.05, 0.1) is 5.97 Å². The molecule has 92 valence electrons. The third-order valence-electron chi connectivity index (χ3n) is 2.77. The van der Waals surface area contributed by atoms with Gasteiger partial charge in [0.1, 0.15) is 0 Å². The van der Waals surface area contributed by atoms with E-state index in [0.29, 0.717) is 0 Å². The molecule has 2 aromatic rings. The van der Waals surface area contributed by atoms with Crippen LogP contribution in [0.15, 0.2) is 41.2 Å². The number of pyridine rings is 1. The molecule has 4 nitrogen and oxygen atoms in total. The number of benzene rings is 1. The fraction of sp³-hybridized carbons (Fsp3) is 0.143. The number of carbonyl (C=O) groups is 1. The number of carboxylic acid groups (broad SMARTS) is 1. The Labute approximate surface area is 104 Å². The van der Waals surface area contributed by atoms with Crippen molar-refractivity contribution in [1.29, 1.82) is 0 Å². The van der Waals surface area contributed by atoms with Crippen LogP contribution < -0.4 is 10.5 Å². The molecule has 0 bridgehead atoms. The standard InChI is InChI=1S/C14H13NO3/c1-9-7-13(16)8-10(2)15(9)12-5-3-11(4-6-12)14(17)18/h3-8H,1-2H3,(H,17,18)/p-1. The summed E-state index contributed by atoms with van der Waals surface area (Å²) in [5.41, 5.74) is 2.53. The molecule has 0 atom stereocenters. The van der Waals surface area contributed by atoms with E-state index in [1.54, 1.807) is 24.3 Å². The zero-order chi connectivity index (χ0) is 13.3. The molecule has 0 radical (unpaired) electrons. The van der Waals surface area contributed by atoms with Gasteiger partial charge in [-0.1, -0.05) is 12.1 Å². The van der Waals surface area contributed by atoms with Crippen LogP contribution in [0.2, 0.25) is 0 Å². The van der Waals surface area contributed by atoms with Crippen LogP contribution >= 0.6 is 0 Å². The second-order valence-corrected chi connectivity index (χ2v) is 4.14. The highest BCUT2D eigenvalue weighted by molar-refractivity contribution is 5.85. The monoisotopic (exact) mass is 242 g/mol. The van der Waals surface area contributed by atoms with E-state index in [9.17, 15) is 14.7 Å². The lowest BCUT2D eigenvalue weighted by Crippen LogP contribution is -2.22. The van der Waals surface area contributed by atoms with Crippen molar-refractivity contribution in [2.45, 2.75) is 13.8 Å². The summed E-state index contributed by atoms with van der Waals surface area (Å²) in [6, 6.07) is 9.44. The van der Waals surface area contributed by atoms with E-state index in [1.165, 1.54) is 12.1 Å². The SMILES string of the molecule is Cc1cc(=O)cc(C)n1-c1ccc(C(=O)[O-])cc1. The molecule has 0 aliphatic rings. The molecule has 0 saturated heterocycles. The summed E-state index contributed by atoms with van der Waals surface area (Å²) >= 11 is 0. The van der Waals surface area contributed by atoms with Gasteiger partial charge in [-0.05, 0) is 31.5 Å². The normalized spacial score (nSPS) is 10.3. The fourth-order valence-electron chi connectivity index (χ4n) is 2.01. The van der Waals surface area contributed by atoms with Crippen molar-refractivity contribution in [2.75, 3.05) is 0 Å². The topological polar surface area (TPSA) is 62.1 Å². The van der Waals surface area contributed by atoms with Crippen LogP contribution in [0.1, 0.15) is 21.7 Å². The second kappa shape index (κ2) is 4.49. The first-order chi connectivity index (χ1) is 8.49. The molecule has 2 rings (SSSR count). The number of hydrogen-bond acceptors (Lipinski definition) is 3. The van der Waals surface area contributed by atoms with Crippen LogP contribution in [-0.2, 0) is 0 Å². The average molecular weight is 242 g/mol. The molecule has 18 heavy (non-hydrogen) atoms. The van der Waals surface area contributed by atoms with Gasteiger partial charge in [0.25, 0.3) is 0 Å². The molecule has 1 aromatic carbocycles. The van der Waals surface area contributed by atoms with Crippen LogP contribution in [0.4, 0.5) is 0 Å². The molecule has 0 saturated carbocycles. The molecule has 0 spiro atoms. The average Bonchev–Trinajstić information content (AvgIpc) is 2.28. The highest BCUT2D eigenvalue weighted by atomic mass is 16.4. The van der Waals surface area contributed by atoms with Gasteiger partial charge in [0.2, 0.25) is 0 Å². The highest BCUT2D eigenvalue weighted by Gasteiger charge is 2.04. The van der Waals surface area contributed by atoms with Gasteiger partial charge < -0.3 is 14.5 Å². The van der Waals surface area contributed by atoms with Crippen LogP contribution in [0.5, 0.6) is 0 Å². The van der Waals surface area contributed by atoms with Crippen molar-refractivity contribution < 1.29 is 9.90 Å². The summed E-state index contributed by atoms with van der Waals surface area (Å²) in [5, 5.41) is 10.7. The smallest absolute Gasteiger partial charge is 0.182 e. The third-order valence-corrected chi connectivity index (χ3v) is 2.77. The fourth-order valence-corrected chi connectivity index (χ4v) is 2.01. The van der Waals surface area contributed by atoms with Crippen LogP contribution in [0.25, 0.3) is 5.69 Å². The Morgan fingerprint density at radius 1 is 1.06 bits per heavy atom. The van der Waals surface area contributed by atoms with Crippen molar-refractivity contribution in [1.82, 2.24) is 4.57 Å². The van der Waals surface area contributed by atoms with Gasteiger partial charge in [-0.25, -0.2) is 0 Å². The largest absolute Gasteiger partial charge is 0.545 e. The maximum Gasteiger partial charge on any atom is 0.182 e. The van der Waals surface area contributed by atoms with Crippen molar-refractivity contribution in [2.24, 2.45) is 0 Å². The summed E-state index contributed by atoms with van der Waals surface area (Å²) in [5.74, 6) is -1.20. The summed E-state index contributed by atoms with van der Waals surface area (Å²) in [7, 11) is 0. The molecular formula is C14H12NO3-. The van der Waals surface area contributed by atoms with E-state index in [2.05, 4.69) is 0 Å². The van der Waals surface area contributed by atoms with Crippen molar-refractivity contribution >= 4 is 5.97 Å². The summed E-state index contributed by atoms with van der Waals surface area (Å²) in [4.78, 5) is 22.0. The van der Waals surface area contributed by atoms with E-state index in [0.717, 1.165) is 17.1 Å². The van der Waals surface area contributed by atoms with E-state index in [1.807, 2.05) is 18.4 Å². The van der Waals surface area contributed by atoms with Crippen molar-refractivity contribution in [3.05, 3.63) is 63.6 Å². The first-order valence-electron chi connectivity index (χ1n) is 5.51. The number of aromatic nitrogens is 1. The van der Waals surface area contributed by atoms with Crippen LogP contribution in [-0.4, -0.2) is 10.5 Å². The Kier molecular flexibility index (Phi) is 3.02. The molecule has 0 fully saturated rings. The maximum atomic E-state index is 11.3. The summed E-state index contributed by atoms with van der Waals surface area (Å²) < 4.78 is 1.89. The lowest BCUT2D eigenvalue weighted by molar-refractivity contribution is -0.255. The quantitative estimate of drug-likeness (QED) is 0.783. The van der Waals surface area contributed by atoms with E-state index in [4.69, 9.17) is 0 Å². The minimum Gasteiger partial charge on any atom is -0.545 e. The molecule has 0 N–H and O–H groups in total. The molecule has 1 aromatic heterocycles. The van der Waals surface area contributed by atoms with Gasteiger partial charge in [-0.3, -0.25) is 4.79 Å². The van der Waals surface area contributed by atoms with E-state index < -0.39 is 5.97 Å². The van der Waals surface area contributed by atoms with Crippen LogP contribution in [0.3, 0.4) is 0 Å². The van der Waals surface area contributed by atoms with Gasteiger partial charge in [0, 0.05) is 29.2 Å². The Hall–Kier alpha value is -2.36. The highest BCUT2D eigenvalue weighted by Crippen LogP contribution is 2.14. The lowest BCUT2D eigenvalue weighted by Gasteiger charge is -2.14. The number of carboxylic acids is 1. The van der Waals surface area contributed by atoms with Gasteiger partial charge >= 0.3 is 0 Å². The van der Waals surface area contributed by atoms with Crippen molar-refractivity contribution in [3.63, 3.8) is 0 Å². The van der Waals surface area contributed by atoms with Crippen LogP contribution in [0, 0.1) is 13.8 Å². The molecule has 0 aliphatic heterocycles. The number of carbonyl (C=O) groups excluding carboxylic acids is 1. The minimum atomic E-state index is -1.20. The van der Waals surface area contributed by atoms with E-state index in [-0.39, 0.29) is 11.0 Å². The van der Waals surface area contributed by atoms with Gasteiger partial charge in [0.15, 0.2) is 5.43 Å². The number of hydrogen-bond donors (Lipinski definition) is 0. The third kappa shape index (κ3) is 2.18. The minimum absolute atomic E-state index is 0.0346. The number of aryl methyl sites for hydroxylation is 2. The van der Waals surface area contributed by atoms with Gasteiger partial charge in [-0.15, -0.1) is 0 Å². The molecule has 0 aliphatic carbocycles. The molecule has 0 unspecified atom stereocenters. The predicted octanol–water partition coefficient (Wildman–Crippen LogP) is 0.818. The molecule has 4 heteroatoms. The van der Waals surface area contributed by atoms with Crippen molar-refractivity contribution in [3.8, 4) is 5.69 Å². The summed E-state index contributed by atoms with van der Waals surface area (Å²) in [6.45, 7) is 3.67. The Bertz CT molecular complexity index is 627. The molecule has 1 heterocycles.